The van der Waals surface area contributed by atoms with Gasteiger partial charge in [0.2, 0.25) is 5.91 Å². The van der Waals surface area contributed by atoms with Crippen molar-refractivity contribution in [1.82, 2.24) is 4.90 Å². The van der Waals surface area contributed by atoms with Gasteiger partial charge >= 0.3 is 0 Å². The maximum absolute atomic E-state index is 14.0. The van der Waals surface area contributed by atoms with E-state index in [1.807, 2.05) is 44.2 Å². The number of hydrogen-bond acceptors (Lipinski definition) is 3. The summed E-state index contributed by atoms with van der Waals surface area (Å²) in [5.74, 6) is -0.495. The Hall–Kier alpha value is -2.69. The normalized spacial score (nSPS) is 16.3. The fourth-order valence-electron chi connectivity index (χ4n) is 3.00. The molecule has 0 unspecified atom stereocenters. The van der Waals surface area contributed by atoms with Crippen LogP contribution < -0.4 is 0 Å². The topological polar surface area (TPSA) is 41.9 Å². The van der Waals surface area contributed by atoms with Crippen LogP contribution in [0, 0.1) is 11.7 Å². The van der Waals surface area contributed by atoms with E-state index in [1.165, 1.54) is 6.07 Å². The number of amides is 1. The third kappa shape index (κ3) is 4.28. The van der Waals surface area contributed by atoms with E-state index in [0.717, 1.165) is 11.3 Å². The Morgan fingerprint density at radius 3 is 2.58 bits per heavy atom. The van der Waals surface area contributed by atoms with Crippen molar-refractivity contribution in [3.05, 3.63) is 71.5 Å². The van der Waals surface area contributed by atoms with Crippen LogP contribution in [0.5, 0.6) is 0 Å². The maximum Gasteiger partial charge on any atom is 0.225 e. The predicted molar refractivity (Wildman–Crippen MR) is 99.1 cm³/mol. The smallest absolute Gasteiger partial charge is 0.225 e. The predicted octanol–water partition coefficient (Wildman–Crippen LogP) is 4.00. The first-order valence-electron chi connectivity index (χ1n) is 8.85. The Morgan fingerprint density at radius 1 is 1.19 bits per heavy atom. The van der Waals surface area contributed by atoms with Crippen molar-refractivity contribution in [1.29, 1.82) is 0 Å². The van der Waals surface area contributed by atoms with Crippen molar-refractivity contribution in [2.45, 2.75) is 32.9 Å². The van der Waals surface area contributed by atoms with Gasteiger partial charge in [0.25, 0.3) is 0 Å². The first kappa shape index (κ1) is 18.1. The zero-order chi connectivity index (χ0) is 18.5. The third-order valence-corrected chi connectivity index (χ3v) is 4.39. The van der Waals surface area contributed by atoms with Gasteiger partial charge < -0.3 is 9.74 Å². The molecule has 136 valence electrons. The molecule has 0 fully saturated rings. The molecule has 5 heteroatoms. The van der Waals surface area contributed by atoms with Gasteiger partial charge in [0.05, 0.1) is 12.3 Å². The van der Waals surface area contributed by atoms with Gasteiger partial charge in [-0.1, -0.05) is 67.5 Å². The van der Waals surface area contributed by atoms with Crippen LogP contribution in [0.3, 0.4) is 0 Å². The van der Waals surface area contributed by atoms with Crippen LogP contribution in [0.1, 0.15) is 31.4 Å². The van der Waals surface area contributed by atoms with Gasteiger partial charge in [-0.05, 0) is 11.6 Å². The summed E-state index contributed by atoms with van der Waals surface area (Å²) in [4.78, 5) is 19.8. The van der Waals surface area contributed by atoms with Crippen LogP contribution in [-0.2, 0) is 16.2 Å². The Bertz CT molecular complexity index is 790. The highest BCUT2D eigenvalue weighted by Crippen LogP contribution is 2.20. The summed E-state index contributed by atoms with van der Waals surface area (Å²) < 4.78 is 14.0. The molecule has 0 bridgehead atoms. The number of oxime groups is 1. The molecule has 1 aliphatic heterocycles. The number of hydrogen-bond donors (Lipinski definition) is 0. The van der Waals surface area contributed by atoms with E-state index in [-0.39, 0.29) is 30.3 Å². The molecule has 0 spiro atoms. The minimum atomic E-state index is -0.303. The molecule has 0 aliphatic carbocycles. The lowest BCUT2D eigenvalue weighted by molar-refractivity contribution is -0.137. The van der Waals surface area contributed by atoms with Crippen LogP contribution in [0.4, 0.5) is 4.39 Å². The van der Waals surface area contributed by atoms with E-state index >= 15 is 0 Å². The van der Waals surface area contributed by atoms with E-state index in [1.54, 1.807) is 23.1 Å². The van der Waals surface area contributed by atoms with Gasteiger partial charge in [0.1, 0.15) is 5.82 Å². The average molecular weight is 354 g/mol. The van der Waals surface area contributed by atoms with Gasteiger partial charge in [0, 0.05) is 24.4 Å². The molecule has 3 rings (SSSR count). The standard InChI is InChI=1S/C21H23FN2O2/c1-15(2)21(25)24(13-17-10-6-7-11-19(17)22)14-18-12-20(23-26-18)16-8-4-3-5-9-16/h3-11,15,18H,12-14H2,1-2H3/t18-/m0/s1. The van der Waals surface area contributed by atoms with E-state index in [4.69, 9.17) is 4.84 Å². The summed E-state index contributed by atoms with van der Waals surface area (Å²) in [6.07, 6.45) is 0.406. The van der Waals surface area contributed by atoms with Gasteiger partial charge in [0.15, 0.2) is 6.10 Å². The molecule has 1 amide bonds. The van der Waals surface area contributed by atoms with Gasteiger partial charge in [-0.25, -0.2) is 4.39 Å². The van der Waals surface area contributed by atoms with Gasteiger partial charge in [-0.3, -0.25) is 4.79 Å². The molecule has 0 aromatic heterocycles. The molecule has 2 aromatic carbocycles. The zero-order valence-corrected chi connectivity index (χ0v) is 15.1. The molecule has 0 N–H and O–H groups in total. The van der Waals surface area contributed by atoms with Crippen molar-refractivity contribution < 1.29 is 14.0 Å². The fourth-order valence-corrected chi connectivity index (χ4v) is 3.00. The molecule has 1 atom stereocenters. The largest absolute Gasteiger partial charge is 0.390 e. The van der Waals surface area contributed by atoms with Crippen LogP contribution in [0.2, 0.25) is 0 Å². The maximum atomic E-state index is 14.0. The number of benzene rings is 2. The zero-order valence-electron chi connectivity index (χ0n) is 15.1. The van der Waals surface area contributed by atoms with Gasteiger partial charge in [-0.15, -0.1) is 0 Å². The summed E-state index contributed by atoms with van der Waals surface area (Å²) in [7, 11) is 0. The highest BCUT2D eigenvalue weighted by molar-refractivity contribution is 6.01. The Labute approximate surface area is 153 Å². The molecule has 1 aliphatic rings. The molecular formula is C21H23FN2O2. The second-order valence-corrected chi connectivity index (χ2v) is 6.80. The Morgan fingerprint density at radius 2 is 1.88 bits per heavy atom. The monoisotopic (exact) mass is 354 g/mol. The quantitative estimate of drug-likeness (QED) is 0.787. The Balaban J connectivity index is 1.69. The highest BCUT2D eigenvalue weighted by Gasteiger charge is 2.28. The molecule has 4 nitrogen and oxygen atoms in total. The van der Waals surface area contributed by atoms with E-state index in [0.29, 0.717) is 18.5 Å². The van der Waals surface area contributed by atoms with E-state index < -0.39 is 0 Å². The molecule has 26 heavy (non-hydrogen) atoms. The summed E-state index contributed by atoms with van der Waals surface area (Å²) in [5, 5.41) is 4.17. The number of nitrogens with zero attached hydrogens (tertiary/aromatic N) is 2. The second-order valence-electron chi connectivity index (χ2n) is 6.80. The summed E-state index contributed by atoms with van der Waals surface area (Å²) in [6, 6.07) is 16.4. The number of rotatable bonds is 6. The third-order valence-electron chi connectivity index (χ3n) is 4.39. The van der Waals surface area contributed by atoms with Crippen molar-refractivity contribution in [2.75, 3.05) is 6.54 Å². The van der Waals surface area contributed by atoms with Crippen molar-refractivity contribution in [3.8, 4) is 0 Å². The van der Waals surface area contributed by atoms with E-state index in [2.05, 4.69) is 5.16 Å². The second kappa shape index (κ2) is 8.13. The van der Waals surface area contributed by atoms with Gasteiger partial charge in [-0.2, -0.15) is 0 Å². The van der Waals surface area contributed by atoms with Crippen molar-refractivity contribution in [3.63, 3.8) is 0 Å². The van der Waals surface area contributed by atoms with Crippen molar-refractivity contribution >= 4 is 11.6 Å². The summed E-state index contributed by atoms with van der Waals surface area (Å²) in [5.41, 5.74) is 2.40. The van der Waals surface area contributed by atoms with Crippen LogP contribution in [-0.4, -0.2) is 29.2 Å². The van der Waals surface area contributed by atoms with Crippen LogP contribution >= 0.6 is 0 Å². The SMILES string of the molecule is CC(C)C(=O)N(Cc1ccccc1F)C[C@@H]1CC(c2ccccc2)=NO1. The van der Waals surface area contributed by atoms with Crippen LogP contribution in [0.25, 0.3) is 0 Å². The van der Waals surface area contributed by atoms with Crippen molar-refractivity contribution in [2.24, 2.45) is 11.1 Å². The lowest BCUT2D eigenvalue weighted by Gasteiger charge is -2.26. The number of halogens is 1. The number of carbonyl (C=O) groups is 1. The first-order valence-corrected chi connectivity index (χ1v) is 8.85. The Kier molecular flexibility index (Phi) is 5.66. The lowest BCUT2D eigenvalue weighted by atomic mass is 10.0. The minimum Gasteiger partial charge on any atom is -0.390 e. The molecule has 0 saturated heterocycles. The molecule has 2 aromatic rings. The number of carbonyl (C=O) groups excluding carboxylic acids is 1. The van der Waals surface area contributed by atoms with Crippen LogP contribution in [0.15, 0.2) is 59.8 Å². The minimum absolute atomic E-state index is 0.0231. The van der Waals surface area contributed by atoms with E-state index in [9.17, 15) is 9.18 Å². The average Bonchev–Trinajstić information content (AvgIpc) is 3.11. The summed E-state index contributed by atoms with van der Waals surface area (Å²) in [6.45, 7) is 4.30. The molecular weight excluding hydrogens is 331 g/mol. The molecule has 1 heterocycles. The fraction of sp³-hybridized carbons (Fsp3) is 0.333. The molecule has 0 saturated carbocycles. The first-order chi connectivity index (χ1) is 12.5. The molecule has 0 radical (unpaired) electrons. The highest BCUT2D eigenvalue weighted by atomic mass is 19.1. The summed E-state index contributed by atoms with van der Waals surface area (Å²) >= 11 is 0. The lowest BCUT2D eigenvalue weighted by Crippen LogP contribution is -2.39.